The van der Waals surface area contributed by atoms with E-state index in [1.54, 1.807) is 0 Å². The van der Waals surface area contributed by atoms with Gasteiger partial charge in [-0.25, -0.2) is 0 Å². The van der Waals surface area contributed by atoms with Crippen LogP contribution >= 0.6 is 11.6 Å². The molecule has 5 heteroatoms. The number of aliphatic carboxylic acids is 1. The zero-order valence-corrected chi connectivity index (χ0v) is 17.1. The fraction of sp³-hybridized carbons (Fsp3) is 0.318. The number of aryl methyl sites for hydroxylation is 2. The first-order chi connectivity index (χ1) is 12.9. The number of aromatic amines is 1. The Bertz CT molecular complexity index is 869. The Morgan fingerprint density at radius 1 is 1.22 bits per heavy atom. The van der Waals surface area contributed by atoms with Crippen molar-refractivity contribution < 1.29 is 9.90 Å². The normalized spacial score (nSPS) is 10.4. The number of rotatable bonds is 6. The molecule has 2 aromatic rings. The molecule has 0 aliphatic heterocycles. The van der Waals surface area contributed by atoms with Crippen molar-refractivity contribution in [3.05, 3.63) is 63.9 Å². The molecule has 0 saturated heterocycles. The minimum Gasteiger partial charge on any atom is -0.481 e. The van der Waals surface area contributed by atoms with Crippen molar-refractivity contribution in [2.45, 2.75) is 40.0 Å². The molecule has 27 heavy (non-hydrogen) atoms. The third-order valence-corrected chi connectivity index (χ3v) is 4.82. The zero-order chi connectivity index (χ0) is 20.0. The van der Waals surface area contributed by atoms with E-state index in [1.165, 1.54) is 0 Å². The number of carboxylic acids is 1. The average molecular weight is 387 g/mol. The molecule has 0 amide bonds. The lowest BCUT2D eigenvalue weighted by Gasteiger charge is -2.15. The Morgan fingerprint density at radius 2 is 1.89 bits per heavy atom. The fourth-order valence-electron chi connectivity index (χ4n) is 3.29. The number of hydrogen-bond acceptors (Lipinski definition) is 2. The standard InChI is InChI=1S/C22H27ClN2O2/c1-5-6-17-11-14(2)25-13-20(24-4)15(3)19(12-21(26)27)22(17)16-7-9-18(23)10-8-16/h7-11,13,24-25H,5-6,12H2,1-4H3,(H,26,27). The quantitative estimate of drug-likeness (QED) is 0.596. The van der Waals surface area contributed by atoms with Crippen molar-refractivity contribution in [1.82, 2.24) is 4.98 Å². The summed E-state index contributed by atoms with van der Waals surface area (Å²) in [6, 6.07) is 9.71. The topological polar surface area (TPSA) is 65.1 Å². The summed E-state index contributed by atoms with van der Waals surface area (Å²) in [5.74, 6) is -0.852. The fourth-order valence-corrected chi connectivity index (χ4v) is 3.41. The second-order valence-corrected chi connectivity index (χ2v) is 7.05. The summed E-state index contributed by atoms with van der Waals surface area (Å²) in [7, 11) is 1.84. The first-order valence-electron chi connectivity index (χ1n) is 9.11. The van der Waals surface area contributed by atoms with E-state index in [2.05, 4.69) is 23.3 Å². The molecule has 0 radical (unpaired) electrons. The smallest absolute Gasteiger partial charge is 0.307 e. The molecule has 0 saturated carbocycles. The van der Waals surface area contributed by atoms with Gasteiger partial charge in [0.15, 0.2) is 0 Å². The van der Waals surface area contributed by atoms with Crippen LogP contribution in [0.2, 0.25) is 5.02 Å². The van der Waals surface area contributed by atoms with E-state index in [1.807, 2.05) is 51.4 Å². The predicted molar refractivity (Wildman–Crippen MR) is 113 cm³/mol. The number of aromatic nitrogens is 1. The second kappa shape index (κ2) is 9.47. The Balaban J connectivity index is 3.04. The SMILES string of the molecule is CCCc1cc(C)[nH]cc(NC)c(C)c(CC(=O)O)c1-c1ccc(Cl)cc1. The van der Waals surface area contributed by atoms with Crippen molar-refractivity contribution in [1.29, 1.82) is 0 Å². The second-order valence-electron chi connectivity index (χ2n) is 6.61. The van der Waals surface area contributed by atoms with Gasteiger partial charge in [-0.05, 0) is 66.3 Å². The van der Waals surface area contributed by atoms with E-state index in [4.69, 9.17) is 11.6 Å². The molecule has 0 atom stereocenters. The van der Waals surface area contributed by atoms with Crippen LogP contribution in [-0.2, 0) is 17.6 Å². The molecule has 0 spiro atoms. The lowest BCUT2D eigenvalue weighted by molar-refractivity contribution is -0.136. The number of anilines is 1. The van der Waals surface area contributed by atoms with Crippen molar-refractivity contribution in [2.75, 3.05) is 12.4 Å². The molecule has 1 heterocycles. The lowest BCUT2D eigenvalue weighted by Crippen LogP contribution is -2.06. The number of benzene rings is 1. The van der Waals surface area contributed by atoms with Gasteiger partial charge in [0, 0.05) is 24.0 Å². The van der Waals surface area contributed by atoms with Gasteiger partial charge in [-0.2, -0.15) is 0 Å². The third kappa shape index (κ3) is 5.27. The highest BCUT2D eigenvalue weighted by Gasteiger charge is 2.16. The molecule has 4 nitrogen and oxygen atoms in total. The maximum absolute atomic E-state index is 11.7. The highest BCUT2D eigenvalue weighted by molar-refractivity contribution is 6.30. The summed E-state index contributed by atoms with van der Waals surface area (Å²) in [6.45, 7) is 6.10. The largest absolute Gasteiger partial charge is 0.481 e. The monoisotopic (exact) mass is 386 g/mol. The average Bonchev–Trinajstić information content (AvgIpc) is 2.66. The van der Waals surface area contributed by atoms with E-state index in [0.717, 1.165) is 52.0 Å². The van der Waals surface area contributed by atoms with Gasteiger partial charge in [-0.1, -0.05) is 37.1 Å². The number of carboxylic acid groups (broad SMARTS) is 1. The van der Waals surface area contributed by atoms with E-state index in [-0.39, 0.29) is 6.42 Å². The number of nitrogens with one attached hydrogen (secondary N) is 2. The van der Waals surface area contributed by atoms with E-state index in [9.17, 15) is 9.90 Å². The van der Waals surface area contributed by atoms with Gasteiger partial charge >= 0.3 is 5.97 Å². The highest BCUT2D eigenvalue weighted by Crippen LogP contribution is 2.32. The third-order valence-electron chi connectivity index (χ3n) is 4.56. The first-order valence-corrected chi connectivity index (χ1v) is 9.49. The van der Waals surface area contributed by atoms with E-state index in [0.29, 0.717) is 5.02 Å². The Hall–Kier alpha value is -2.46. The maximum Gasteiger partial charge on any atom is 0.307 e. The molecule has 1 aromatic carbocycles. The van der Waals surface area contributed by atoms with Crippen LogP contribution in [0, 0.1) is 13.8 Å². The summed E-state index contributed by atoms with van der Waals surface area (Å²) in [6.07, 6.45) is 3.64. The minimum absolute atomic E-state index is 0.0527. The van der Waals surface area contributed by atoms with Crippen LogP contribution in [0.4, 0.5) is 5.69 Å². The first kappa shape index (κ1) is 20.8. The Morgan fingerprint density at radius 3 is 2.44 bits per heavy atom. The highest BCUT2D eigenvalue weighted by atomic mass is 35.5. The van der Waals surface area contributed by atoms with Gasteiger partial charge in [-0.3, -0.25) is 4.79 Å². The molecule has 3 N–H and O–H groups in total. The number of H-pyrrole nitrogens is 1. The molecule has 144 valence electrons. The van der Waals surface area contributed by atoms with Crippen LogP contribution in [0.1, 0.15) is 35.7 Å². The van der Waals surface area contributed by atoms with Gasteiger partial charge in [0.25, 0.3) is 0 Å². The molecule has 0 unspecified atom stereocenters. The van der Waals surface area contributed by atoms with Crippen molar-refractivity contribution >= 4 is 23.3 Å². The molecular formula is C22H27ClN2O2. The minimum atomic E-state index is -0.852. The van der Waals surface area contributed by atoms with Crippen LogP contribution in [-0.4, -0.2) is 23.1 Å². The molecule has 1 aromatic heterocycles. The van der Waals surface area contributed by atoms with Crippen LogP contribution in [0.3, 0.4) is 0 Å². The summed E-state index contributed by atoms with van der Waals surface area (Å²) >= 11 is 6.09. The van der Waals surface area contributed by atoms with Gasteiger partial charge in [-0.15, -0.1) is 0 Å². The molecule has 2 rings (SSSR count). The molecular weight excluding hydrogens is 360 g/mol. The maximum atomic E-state index is 11.7. The predicted octanol–water partition coefficient (Wildman–Crippen LogP) is 5.70. The van der Waals surface area contributed by atoms with Crippen LogP contribution < -0.4 is 5.32 Å². The lowest BCUT2D eigenvalue weighted by atomic mass is 9.90. The van der Waals surface area contributed by atoms with Gasteiger partial charge in [0.05, 0.1) is 12.1 Å². The Kier molecular flexibility index (Phi) is 7.31. The van der Waals surface area contributed by atoms with Gasteiger partial charge in [0.1, 0.15) is 0 Å². The van der Waals surface area contributed by atoms with E-state index < -0.39 is 5.97 Å². The van der Waals surface area contributed by atoms with Crippen LogP contribution in [0.15, 0.2) is 36.5 Å². The number of carbonyl (C=O) groups is 1. The van der Waals surface area contributed by atoms with Crippen molar-refractivity contribution in [2.24, 2.45) is 0 Å². The van der Waals surface area contributed by atoms with Crippen molar-refractivity contribution in [3.63, 3.8) is 0 Å². The van der Waals surface area contributed by atoms with Crippen molar-refractivity contribution in [3.8, 4) is 11.1 Å². The zero-order valence-electron chi connectivity index (χ0n) is 16.3. The molecule has 0 aliphatic carbocycles. The summed E-state index contributed by atoms with van der Waals surface area (Å²) in [5.41, 5.74) is 6.64. The summed E-state index contributed by atoms with van der Waals surface area (Å²) < 4.78 is 0. The van der Waals surface area contributed by atoms with E-state index >= 15 is 0 Å². The summed E-state index contributed by atoms with van der Waals surface area (Å²) in [5, 5.41) is 13.4. The Labute approximate surface area is 165 Å². The summed E-state index contributed by atoms with van der Waals surface area (Å²) in [4.78, 5) is 15.0. The van der Waals surface area contributed by atoms with Crippen LogP contribution in [0.25, 0.3) is 11.1 Å². The van der Waals surface area contributed by atoms with Gasteiger partial charge in [0.2, 0.25) is 0 Å². The number of hydrogen-bond donors (Lipinski definition) is 3. The van der Waals surface area contributed by atoms with Gasteiger partial charge < -0.3 is 15.4 Å². The molecule has 0 fully saturated rings. The number of halogens is 1. The molecule has 0 aliphatic rings. The molecule has 0 bridgehead atoms. The van der Waals surface area contributed by atoms with Crippen LogP contribution in [0.5, 0.6) is 0 Å².